The van der Waals surface area contributed by atoms with E-state index < -0.39 is 0 Å². The smallest absolute Gasteiger partial charge is 0.204 e. The zero-order valence-corrected chi connectivity index (χ0v) is 13.6. The lowest BCUT2D eigenvalue weighted by atomic mass is 10.1. The van der Waals surface area contributed by atoms with E-state index >= 15 is 0 Å². The molecule has 112 valence electrons. The molecule has 0 spiro atoms. The number of aryl methyl sites for hydroxylation is 2. The Hall–Kier alpha value is -2.40. The molecule has 2 aromatic heterocycles. The van der Waals surface area contributed by atoms with Crippen LogP contribution in [0.2, 0.25) is 0 Å². The minimum atomic E-state index is 0.765. The van der Waals surface area contributed by atoms with Crippen molar-refractivity contribution in [1.29, 1.82) is 0 Å². The topological polar surface area (TPSA) is 50.4 Å². The molecule has 0 fully saturated rings. The average molecular weight is 311 g/mol. The molecule has 0 atom stereocenters. The van der Waals surface area contributed by atoms with Gasteiger partial charge >= 0.3 is 0 Å². The summed E-state index contributed by atoms with van der Waals surface area (Å²) in [5.41, 5.74) is 5.92. The van der Waals surface area contributed by atoms with Gasteiger partial charge in [-0.1, -0.05) is 30.3 Å². The van der Waals surface area contributed by atoms with Crippen molar-refractivity contribution >= 4 is 22.2 Å². The molecule has 3 rings (SSSR count). The SMILES string of the molecule is C/C(=N/Nc1nc(-c2ccccc2)c(C)s1)c1ccc(C)o1. The lowest BCUT2D eigenvalue weighted by Gasteiger charge is -1.98. The van der Waals surface area contributed by atoms with E-state index in [9.17, 15) is 0 Å². The molecule has 0 saturated carbocycles. The number of thiazole rings is 1. The van der Waals surface area contributed by atoms with Gasteiger partial charge in [0, 0.05) is 10.4 Å². The summed E-state index contributed by atoms with van der Waals surface area (Å²) in [6.45, 7) is 5.89. The molecule has 0 radical (unpaired) electrons. The molecule has 22 heavy (non-hydrogen) atoms. The first-order valence-electron chi connectivity index (χ1n) is 7.03. The maximum atomic E-state index is 5.54. The van der Waals surface area contributed by atoms with E-state index in [0.717, 1.165) is 38.5 Å². The summed E-state index contributed by atoms with van der Waals surface area (Å²) in [5.74, 6) is 1.64. The summed E-state index contributed by atoms with van der Waals surface area (Å²) in [6.07, 6.45) is 0. The maximum Gasteiger partial charge on any atom is 0.204 e. The number of rotatable bonds is 4. The highest BCUT2D eigenvalue weighted by Gasteiger charge is 2.09. The third kappa shape index (κ3) is 3.09. The summed E-state index contributed by atoms with van der Waals surface area (Å²) < 4.78 is 5.54. The van der Waals surface area contributed by atoms with Crippen LogP contribution in [0.5, 0.6) is 0 Å². The quantitative estimate of drug-likeness (QED) is 0.553. The van der Waals surface area contributed by atoms with E-state index in [4.69, 9.17) is 4.42 Å². The molecule has 0 saturated heterocycles. The monoisotopic (exact) mass is 311 g/mol. The van der Waals surface area contributed by atoms with Crippen LogP contribution < -0.4 is 5.43 Å². The normalized spacial score (nSPS) is 11.7. The van der Waals surface area contributed by atoms with E-state index in [-0.39, 0.29) is 0 Å². The average Bonchev–Trinajstić information content (AvgIpc) is 3.12. The molecule has 0 amide bonds. The van der Waals surface area contributed by atoms with Gasteiger partial charge in [-0.25, -0.2) is 4.98 Å². The minimum absolute atomic E-state index is 0.765. The first-order chi connectivity index (χ1) is 10.6. The lowest BCUT2D eigenvalue weighted by molar-refractivity contribution is 0.525. The molecule has 0 aliphatic heterocycles. The number of hydrazone groups is 1. The Morgan fingerprint density at radius 1 is 1.14 bits per heavy atom. The Morgan fingerprint density at radius 3 is 2.59 bits per heavy atom. The van der Waals surface area contributed by atoms with Gasteiger partial charge in [0.15, 0.2) is 0 Å². The van der Waals surface area contributed by atoms with Crippen molar-refractivity contribution in [2.24, 2.45) is 5.10 Å². The van der Waals surface area contributed by atoms with Crippen LogP contribution in [0, 0.1) is 13.8 Å². The molecular formula is C17H17N3OS. The number of benzene rings is 1. The number of nitrogens with one attached hydrogen (secondary N) is 1. The van der Waals surface area contributed by atoms with Crippen molar-refractivity contribution in [2.45, 2.75) is 20.8 Å². The van der Waals surface area contributed by atoms with E-state index in [1.807, 2.05) is 44.2 Å². The van der Waals surface area contributed by atoms with Crippen molar-refractivity contribution in [3.8, 4) is 11.3 Å². The fourth-order valence-electron chi connectivity index (χ4n) is 2.12. The first-order valence-corrected chi connectivity index (χ1v) is 7.85. The molecule has 4 nitrogen and oxygen atoms in total. The zero-order chi connectivity index (χ0) is 15.5. The van der Waals surface area contributed by atoms with Crippen LogP contribution >= 0.6 is 11.3 Å². The fraction of sp³-hybridized carbons (Fsp3) is 0.176. The molecule has 0 aliphatic rings. The molecule has 0 unspecified atom stereocenters. The maximum absolute atomic E-state index is 5.54. The van der Waals surface area contributed by atoms with Gasteiger partial charge < -0.3 is 4.42 Å². The molecular weight excluding hydrogens is 294 g/mol. The van der Waals surface area contributed by atoms with Gasteiger partial charge in [-0.2, -0.15) is 5.10 Å². The van der Waals surface area contributed by atoms with Crippen LogP contribution in [-0.4, -0.2) is 10.7 Å². The minimum Gasteiger partial charge on any atom is -0.460 e. The van der Waals surface area contributed by atoms with E-state index in [2.05, 4.69) is 34.6 Å². The summed E-state index contributed by atoms with van der Waals surface area (Å²) in [6, 6.07) is 14.0. The number of nitrogens with zero attached hydrogens (tertiary/aromatic N) is 2. The fourth-order valence-corrected chi connectivity index (χ4v) is 2.90. The van der Waals surface area contributed by atoms with Gasteiger partial charge in [-0.15, -0.1) is 11.3 Å². The molecule has 1 aromatic carbocycles. The molecule has 1 N–H and O–H groups in total. The molecule has 0 bridgehead atoms. The summed E-state index contributed by atoms with van der Waals surface area (Å²) in [5, 5.41) is 5.12. The van der Waals surface area contributed by atoms with Crippen LogP contribution in [0.4, 0.5) is 5.13 Å². The van der Waals surface area contributed by atoms with Crippen LogP contribution in [0.15, 0.2) is 52.0 Å². The largest absolute Gasteiger partial charge is 0.460 e. The van der Waals surface area contributed by atoms with Gasteiger partial charge in [0.25, 0.3) is 0 Å². The number of hydrogen-bond donors (Lipinski definition) is 1. The Kier molecular flexibility index (Phi) is 4.06. The third-order valence-electron chi connectivity index (χ3n) is 3.26. The summed E-state index contributed by atoms with van der Waals surface area (Å²) in [4.78, 5) is 5.78. The number of anilines is 1. The Balaban J connectivity index is 1.79. The predicted octanol–water partition coefficient (Wildman–Crippen LogP) is 4.86. The van der Waals surface area contributed by atoms with E-state index in [1.54, 1.807) is 11.3 Å². The van der Waals surface area contributed by atoms with Gasteiger partial charge in [-0.05, 0) is 32.9 Å². The zero-order valence-electron chi connectivity index (χ0n) is 12.8. The second-order valence-electron chi connectivity index (χ2n) is 5.01. The molecule has 5 heteroatoms. The van der Waals surface area contributed by atoms with Crippen LogP contribution in [0.25, 0.3) is 11.3 Å². The van der Waals surface area contributed by atoms with Gasteiger partial charge in [0.1, 0.15) is 17.2 Å². The molecule has 3 aromatic rings. The van der Waals surface area contributed by atoms with E-state index in [1.165, 1.54) is 0 Å². The van der Waals surface area contributed by atoms with Crippen LogP contribution in [0.3, 0.4) is 0 Å². The number of hydrogen-bond acceptors (Lipinski definition) is 5. The Labute approximate surface area is 133 Å². The van der Waals surface area contributed by atoms with Crippen molar-refractivity contribution < 1.29 is 4.42 Å². The highest BCUT2D eigenvalue weighted by molar-refractivity contribution is 7.15. The van der Waals surface area contributed by atoms with Crippen molar-refractivity contribution in [3.63, 3.8) is 0 Å². The Bertz CT molecular complexity index is 802. The van der Waals surface area contributed by atoms with Gasteiger partial charge in [-0.3, -0.25) is 5.43 Å². The third-order valence-corrected chi connectivity index (χ3v) is 4.14. The predicted molar refractivity (Wildman–Crippen MR) is 91.6 cm³/mol. The second-order valence-corrected chi connectivity index (χ2v) is 6.21. The summed E-state index contributed by atoms with van der Waals surface area (Å²) in [7, 11) is 0. The lowest BCUT2D eigenvalue weighted by Crippen LogP contribution is -1.97. The first kappa shape index (κ1) is 14.5. The van der Waals surface area contributed by atoms with E-state index in [0.29, 0.717) is 0 Å². The standard InChI is InChI=1S/C17H17N3OS/c1-11-9-10-15(21-11)12(2)19-20-17-18-16(13(3)22-17)14-7-5-4-6-8-14/h4-10H,1-3H3,(H,18,20)/b19-12-. The van der Waals surface area contributed by atoms with Gasteiger partial charge in [0.05, 0.1) is 5.69 Å². The summed E-state index contributed by atoms with van der Waals surface area (Å²) >= 11 is 1.59. The molecule has 0 aliphatic carbocycles. The van der Waals surface area contributed by atoms with Crippen molar-refractivity contribution in [1.82, 2.24) is 4.98 Å². The van der Waals surface area contributed by atoms with Crippen molar-refractivity contribution in [3.05, 3.63) is 58.9 Å². The second kappa shape index (κ2) is 6.15. The van der Waals surface area contributed by atoms with Gasteiger partial charge in [0.2, 0.25) is 5.13 Å². The Morgan fingerprint density at radius 2 is 1.91 bits per heavy atom. The van der Waals surface area contributed by atoms with Crippen molar-refractivity contribution in [2.75, 3.05) is 5.43 Å². The number of furan rings is 1. The molecule has 2 heterocycles. The van der Waals surface area contributed by atoms with Crippen LogP contribution in [0.1, 0.15) is 23.3 Å². The highest BCUT2D eigenvalue weighted by Crippen LogP contribution is 2.30. The van der Waals surface area contributed by atoms with Crippen LogP contribution in [-0.2, 0) is 0 Å². The highest BCUT2D eigenvalue weighted by atomic mass is 32.1. The number of aromatic nitrogens is 1.